The molecule has 0 radical (unpaired) electrons. The summed E-state index contributed by atoms with van der Waals surface area (Å²) in [6, 6.07) is 96.7. The molecule has 0 saturated carbocycles. The number of hydrogen-bond acceptors (Lipinski definition) is 4. The third-order valence-corrected chi connectivity index (χ3v) is 19.6. The van der Waals surface area contributed by atoms with Crippen LogP contribution >= 0.6 is 0 Å². The standard InChI is InChI=1S/C72H50N2O2Si/c1-77(2)68-37-19-28-58-52(49-38-40-50(41-39-49)73(62-31-13-9-24-53(62)47-20-5-3-6-21-47)64-33-17-29-60-55-26-11-15-35-66(55)75-71(60)64)44-45-59(70(58)68)57-43-42-51(46-69(57)77)74(63-32-14-10-25-54(63)48-22-7-4-8-23-48)65-34-18-30-61-56-27-12-16-36-67(56)76-72(61)65/h3-46H,1-2H3. The summed E-state index contributed by atoms with van der Waals surface area (Å²) >= 11 is 0. The quantitative estimate of drug-likeness (QED) is 0.135. The van der Waals surface area contributed by atoms with E-state index in [1.54, 1.807) is 0 Å². The minimum absolute atomic E-state index is 0.858. The summed E-state index contributed by atoms with van der Waals surface area (Å²) in [5.41, 5.74) is 19.4. The predicted octanol–water partition coefficient (Wildman–Crippen LogP) is 19.4. The number of nitrogens with zero attached hydrogens (tertiary/aromatic N) is 2. The fraction of sp³-hybridized carbons (Fsp3) is 0.0278. The summed E-state index contributed by atoms with van der Waals surface area (Å²) in [4.78, 5) is 4.80. The molecule has 12 aromatic carbocycles. The van der Waals surface area contributed by atoms with Crippen LogP contribution in [0.2, 0.25) is 13.1 Å². The zero-order valence-electron chi connectivity index (χ0n) is 42.6. The summed E-state index contributed by atoms with van der Waals surface area (Å²) in [6.45, 7) is 5.06. The third-order valence-electron chi connectivity index (χ3n) is 16.1. The highest BCUT2D eigenvalue weighted by atomic mass is 28.3. The van der Waals surface area contributed by atoms with Crippen LogP contribution in [0, 0.1) is 0 Å². The van der Waals surface area contributed by atoms with Crippen molar-refractivity contribution in [1.29, 1.82) is 0 Å². The lowest BCUT2D eigenvalue weighted by Crippen LogP contribution is -2.56. The van der Waals surface area contributed by atoms with Gasteiger partial charge in [-0.1, -0.05) is 219 Å². The van der Waals surface area contributed by atoms with Gasteiger partial charge in [-0.25, -0.2) is 0 Å². The maximum Gasteiger partial charge on any atom is 0.159 e. The molecule has 0 atom stereocenters. The highest BCUT2D eigenvalue weighted by Gasteiger charge is 2.37. The second-order valence-corrected chi connectivity index (χ2v) is 25.1. The molecule has 0 N–H and O–H groups in total. The smallest absolute Gasteiger partial charge is 0.159 e. The first-order chi connectivity index (χ1) is 38.0. The van der Waals surface area contributed by atoms with Crippen LogP contribution in [0.15, 0.2) is 276 Å². The van der Waals surface area contributed by atoms with Gasteiger partial charge in [0.05, 0.1) is 22.7 Å². The average molecular weight is 1000 g/mol. The van der Waals surface area contributed by atoms with Crippen molar-refractivity contribution in [2.75, 3.05) is 9.80 Å². The molecule has 0 spiro atoms. The summed E-state index contributed by atoms with van der Waals surface area (Å²) < 4.78 is 13.5. The normalized spacial score (nSPS) is 12.6. The SMILES string of the molecule is C[Si]1(C)c2cc(N(c3ccccc3-c3ccccc3)c3cccc4c3oc3ccccc34)ccc2-c2ccc(-c3ccc(N(c4ccccc4-c4ccccc4)c4cccc5c4oc4ccccc45)cc3)c3cccc1c23. The summed E-state index contributed by atoms with van der Waals surface area (Å²) in [5.74, 6) is 0. The van der Waals surface area contributed by atoms with Crippen LogP contribution in [0.5, 0.6) is 0 Å². The van der Waals surface area contributed by atoms with Crippen molar-refractivity contribution in [1.82, 2.24) is 0 Å². The fourth-order valence-corrected chi connectivity index (χ4v) is 15.6. The monoisotopic (exact) mass is 1000 g/mol. The van der Waals surface area contributed by atoms with Crippen molar-refractivity contribution in [3.63, 3.8) is 0 Å². The van der Waals surface area contributed by atoms with Gasteiger partial charge in [0, 0.05) is 44.0 Å². The van der Waals surface area contributed by atoms with Crippen LogP contribution in [-0.2, 0) is 0 Å². The minimum Gasteiger partial charge on any atom is -0.454 e. The molecule has 14 aromatic rings. The van der Waals surface area contributed by atoms with Gasteiger partial charge in [-0.05, 0) is 115 Å². The molecule has 0 bridgehead atoms. The van der Waals surface area contributed by atoms with E-state index in [9.17, 15) is 0 Å². The van der Waals surface area contributed by atoms with Gasteiger partial charge in [0.1, 0.15) is 19.2 Å². The maximum absolute atomic E-state index is 6.81. The zero-order valence-corrected chi connectivity index (χ0v) is 43.6. The van der Waals surface area contributed by atoms with E-state index < -0.39 is 8.07 Å². The van der Waals surface area contributed by atoms with Gasteiger partial charge in [0.2, 0.25) is 0 Å². The highest BCUT2D eigenvalue weighted by Crippen LogP contribution is 2.49. The molecule has 2 aromatic heterocycles. The summed E-state index contributed by atoms with van der Waals surface area (Å²) in [7, 11) is -2.36. The molecule has 0 saturated heterocycles. The molecule has 364 valence electrons. The van der Waals surface area contributed by atoms with E-state index in [0.717, 1.165) is 100 Å². The molecule has 5 heteroatoms. The van der Waals surface area contributed by atoms with Crippen LogP contribution in [0.3, 0.4) is 0 Å². The van der Waals surface area contributed by atoms with Gasteiger partial charge in [-0.3, -0.25) is 0 Å². The Labute approximate surface area is 448 Å². The van der Waals surface area contributed by atoms with Crippen molar-refractivity contribution in [3.05, 3.63) is 267 Å². The van der Waals surface area contributed by atoms with Crippen LogP contribution in [-0.4, -0.2) is 8.07 Å². The number of benzene rings is 12. The Morgan fingerprint density at radius 2 is 0.714 bits per heavy atom. The topological polar surface area (TPSA) is 32.8 Å². The van der Waals surface area contributed by atoms with Gasteiger partial charge < -0.3 is 18.6 Å². The van der Waals surface area contributed by atoms with Crippen LogP contribution < -0.4 is 20.2 Å². The Morgan fingerprint density at radius 1 is 0.286 bits per heavy atom. The van der Waals surface area contributed by atoms with Crippen LogP contribution in [0.1, 0.15) is 0 Å². The molecule has 0 amide bonds. The molecule has 1 aliphatic rings. The average Bonchev–Trinajstić information content (AvgIpc) is 4.25. The second-order valence-electron chi connectivity index (χ2n) is 20.7. The lowest BCUT2D eigenvalue weighted by molar-refractivity contribution is 0.668. The molecule has 77 heavy (non-hydrogen) atoms. The van der Waals surface area contributed by atoms with Crippen molar-refractivity contribution < 1.29 is 8.83 Å². The molecule has 1 aliphatic heterocycles. The summed E-state index contributed by atoms with van der Waals surface area (Å²) in [6.07, 6.45) is 0. The first-order valence-electron chi connectivity index (χ1n) is 26.5. The number of para-hydroxylation sites is 6. The van der Waals surface area contributed by atoms with E-state index in [1.165, 1.54) is 43.4 Å². The predicted molar refractivity (Wildman–Crippen MR) is 326 cm³/mol. The fourth-order valence-electron chi connectivity index (χ4n) is 12.5. The molecule has 3 heterocycles. The lowest BCUT2D eigenvalue weighted by Gasteiger charge is -2.36. The van der Waals surface area contributed by atoms with Crippen molar-refractivity contribution in [2.45, 2.75) is 13.1 Å². The van der Waals surface area contributed by atoms with E-state index in [-0.39, 0.29) is 0 Å². The van der Waals surface area contributed by atoms with Crippen molar-refractivity contribution in [3.8, 4) is 44.5 Å². The Balaban J connectivity index is 0.866. The highest BCUT2D eigenvalue weighted by molar-refractivity contribution is 7.03. The van der Waals surface area contributed by atoms with Gasteiger partial charge in [-0.15, -0.1) is 0 Å². The van der Waals surface area contributed by atoms with E-state index in [4.69, 9.17) is 8.83 Å². The molecule has 0 unspecified atom stereocenters. The molecule has 0 fully saturated rings. The molecular weight excluding hydrogens is 953 g/mol. The number of rotatable bonds is 9. The molecule has 4 nitrogen and oxygen atoms in total. The molecule has 15 rings (SSSR count). The Bertz CT molecular complexity index is 4610. The van der Waals surface area contributed by atoms with Crippen molar-refractivity contribution in [2.24, 2.45) is 0 Å². The number of anilines is 6. The van der Waals surface area contributed by atoms with Gasteiger partial charge in [-0.2, -0.15) is 0 Å². The Morgan fingerprint density at radius 3 is 1.31 bits per heavy atom. The van der Waals surface area contributed by atoms with Crippen molar-refractivity contribution >= 4 is 107 Å². The first kappa shape index (κ1) is 44.8. The van der Waals surface area contributed by atoms with E-state index >= 15 is 0 Å². The summed E-state index contributed by atoms with van der Waals surface area (Å²) in [5, 5.41) is 9.92. The second kappa shape index (κ2) is 17.7. The number of furan rings is 2. The van der Waals surface area contributed by atoms with Gasteiger partial charge in [0.25, 0.3) is 0 Å². The zero-order chi connectivity index (χ0) is 51.2. The molecular formula is C72H50N2O2Si. The van der Waals surface area contributed by atoms with E-state index in [2.05, 4.69) is 278 Å². The Kier molecular flexibility index (Phi) is 10.3. The van der Waals surface area contributed by atoms with Gasteiger partial charge in [0.15, 0.2) is 11.2 Å². The first-order valence-corrected chi connectivity index (χ1v) is 29.5. The maximum atomic E-state index is 6.81. The third kappa shape index (κ3) is 7.12. The van der Waals surface area contributed by atoms with E-state index in [0.29, 0.717) is 0 Å². The van der Waals surface area contributed by atoms with Crippen LogP contribution in [0.4, 0.5) is 34.1 Å². The molecule has 0 aliphatic carbocycles. The number of fused-ring (bicyclic) bond motifs is 8. The number of hydrogen-bond donors (Lipinski definition) is 0. The van der Waals surface area contributed by atoms with E-state index in [1.807, 2.05) is 12.1 Å². The lowest BCUT2D eigenvalue weighted by atomic mass is 9.91. The largest absolute Gasteiger partial charge is 0.454 e. The van der Waals surface area contributed by atoms with Gasteiger partial charge >= 0.3 is 0 Å². The minimum atomic E-state index is -2.36. The Hall–Kier alpha value is -9.68. The van der Waals surface area contributed by atoms with Crippen LogP contribution in [0.25, 0.3) is 99.2 Å².